The van der Waals surface area contributed by atoms with E-state index in [2.05, 4.69) is 38.6 Å². The Kier molecular flexibility index (Phi) is 2.38. The molecule has 1 saturated carbocycles. The lowest BCUT2D eigenvalue weighted by atomic mass is 10.0. The molecule has 1 atom stereocenters. The fourth-order valence-corrected chi connectivity index (χ4v) is 2.30. The van der Waals surface area contributed by atoms with Gasteiger partial charge in [-0.2, -0.15) is 12.6 Å². The molecule has 0 aromatic carbocycles. The molecule has 3 heteroatoms. The average Bonchev–Trinajstić information content (AvgIpc) is 2.64. The Balaban J connectivity index is 2.31. The van der Waals surface area contributed by atoms with E-state index in [0.717, 1.165) is 17.9 Å². The molecule has 0 spiro atoms. The number of rotatable bonds is 3. The van der Waals surface area contributed by atoms with Crippen molar-refractivity contribution in [2.24, 2.45) is 5.41 Å². The summed E-state index contributed by atoms with van der Waals surface area (Å²) >= 11 is 4.26. The van der Waals surface area contributed by atoms with Crippen LogP contribution in [-0.4, -0.2) is 5.16 Å². The summed E-state index contributed by atoms with van der Waals surface area (Å²) in [6.07, 6.45) is 2.22. The highest BCUT2D eigenvalue weighted by Crippen LogP contribution is 2.59. The highest BCUT2D eigenvalue weighted by molar-refractivity contribution is 7.79. The van der Waals surface area contributed by atoms with Crippen LogP contribution in [0.5, 0.6) is 0 Å². The molecule has 0 radical (unpaired) electrons. The monoisotopic (exact) mass is 211 g/mol. The standard InChI is InChI=1S/C11H17NOS/c1-4-7-9(6-14)12-13-10(7)8-5-11(8,2)3/h8,14H,4-6H2,1-3H3. The summed E-state index contributed by atoms with van der Waals surface area (Å²) in [5.74, 6) is 2.37. The highest BCUT2D eigenvalue weighted by atomic mass is 32.1. The maximum absolute atomic E-state index is 5.44. The van der Waals surface area contributed by atoms with Crippen LogP contribution in [0.15, 0.2) is 4.52 Å². The van der Waals surface area contributed by atoms with E-state index in [0.29, 0.717) is 17.1 Å². The Morgan fingerprint density at radius 1 is 1.57 bits per heavy atom. The van der Waals surface area contributed by atoms with E-state index in [-0.39, 0.29) is 0 Å². The van der Waals surface area contributed by atoms with Crippen LogP contribution in [-0.2, 0) is 12.2 Å². The van der Waals surface area contributed by atoms with Crippen LogP contribution in [0.2, 0.25) is 0 Å². The molecule has 0 aliphatic heterocycles. The fraction of sp³-hybridized carbons (Fsp3) is 0.727. The van der Waals surface area contributed by atoms with Gasteiger partial charge in [-0.1, -0.05) is 25.9 Å². The Bertz CT molecular complexity index is 343. The summed E-state index contributed by atoms with van der Waals surface area (Å²) < 4.78 is 5.44. The van der Waals surface area contributed by atoms with Gasteiger partial charge in [0.2, 0.25) is 0 Å². The minimum atomic E-state index is 0.414. The van der Waals surface area contributed by atoms with Crippen molar-refractivity contribution in [2.75, 3.05) is 0 Å². The largest absolute Gasteiger partial charge is 0.360 e. The quantitative estimate of drug-likeness (QED) is 0.777. The third-order valence-corrected chi connectivity index (χ3v) is 3.53. The van der Waals surface area contributed by atoms with Gasteiger partial charge in [-0.15, -0.1) is 0 Å². The predicted octanol–water partition coefficient (Wildman–Crippen LogP) is 3.18. The number of nitrogens with zero attached hydrogens (tertiary/aromatic N) is 1. The zero-order valence-electron chi connectivity index (χ0n) is 9.00. The first-order valence-corrected chi connectivity index (χ1v) is 5.81. The molecule has 1 unspecified atom stereocenters. The third kappa shape index (κ3) is 1.48. The molecule has 2 nitrogen and oxygen atoms in total. The van der Waals surface area contributed by atoms with Crippen LogP contribution >= 0.6 is 12.6 Å². The topological polar surface area (TPSA) is 26.0 Å². The second-order valence-corrected chi connectivity index (χ2v) is 5.05. The SMILES string of the molecule is CCc1c(CS)noc1C1CC1(C)C. The molecule has 78 valence electrons. The van der Waals surface area contributed by atoms with E-state index < -0.39 is 0 Å². The third-order valence-electron chi connectivity index (χ3n) is 3.23. The molecule has 1 aromatic heterocycles. The van der Waals surface area contributed by atoms with E-state index in [1.807, 2.05) is 0 Å². The van der Waals surface area contributed by atoms with Crippen LogP contribution < -0.4 is 0 Å². The van der Waals surface area contributed by atoms with Gasteiger partial charge in [-0.3, -0.25) is 0 Å². The molecular formula is C11H17NOS. The van der Waals surface area contributed by atoms with Gasteiger partial charge in [0.05, 0.1) is 5.69 Å². The summed E-state index contributed by atoms with van der Waals surface area (Å²) in [4.78, 5) is 0. The fourth-order valence-electron chi connectivity index (χ4n) is 2.05. The van der Waals surface area contributed by atoms with Gasteiger partial charge in [0.1, 0.15) is 5.76 Å². The Labute approximate surface area is 90.5 Å². The maximum atomic E-state index is 5.44. The molecule has 1 fully saturated rings. The molecule has 1 aliphatic rings. The van der Waals surface area contributed by atoms with Crippen LogP contribution in [0.4, 0.5) is 0 Å². The molecule has 1 aliphatic carbocycles. The number of aromatic nitrogens is 1. The normalized spacial score (nSPS) is 23.9. The zero-order valence-corrected chi connectivity index (χ0v) is 9.90. The van der Waals surface area contributed by atoms with Crippen molar-refractivity contribution in [3.05, 3.63) is 17.0 Å². The lowest BCUT2D eigenvalue weighted by Crippen LogP contribution is -1.93. The van der Waals surface area contributed by atoms with Gasteiger partial charge in [0, 0.05) is 17.2 Å². The van der Waals surface area contributed by atoms with Gasteiger partial charge in [-0.05, 0) is 18.3 Å². The minimum absolute atomic E-state index is 0.414. The second-order valence-electron chi connectivity index (χ2n) is 4.73. The molecule has 2 rings (SSSR count). The van der Waals surface area contributed by atoms with E-state index in [1.54, 1.807) is 0 Å². The summed E-state index contributed by atoms with van der Waals surface area (Å²) in [5, 5.41) is 4.08. The average molecular weight is 211 g/mol. The first-order chi connectivity index (χ1) is 6.60. The van der Waals surface area contributed by atoms with Crippen LogP contribution in [0, 0.1) is 5.41 Å². The van der Waals surface area contributed by atoms with Crippen molar-refractivity contribution >= 4 is 12.6 Å². The highest BCUT2D eigenvalue weighted by Gasteiger charge is 2.50. The van der Waals surface area contributed by atoms with E-state index in [4.69, 9.17) is 4.52 Å². The van der Waals surface area contributed by atoms with Gasteiger partial charge in [0.15, 0.2) is 0 Å². The van der Waals surface area contributed by atoms with Gasteiger partial charge in [0.25, 0.3) is 0 Å². The van der Waals surface area contributed by atoms with Crippen molar-refractivity contribution < 1.29 is 4.52 Å². The van der Waals surface area contributed by atoms with Crippen molar-refractivity contribution in [2.45, 2.75) is 45.3 Å². The predicted molar refractivity (Wildman–Crippen MR) is 59.7 cm³/mol. The Hall–Kier alpha value is -0.440. The molecule has 1 aromatic rings. The molecule has 14 heavy (non-hydrogen) atoms. The van der Waals surface area contributed by atoms with Gasteiger partial charge < -0.3 is 4.52 Å². The van der Waals surface area contributed by atoms with Crippen molar-refractivity contribution in [3.8, 4) is 0 Å². The molecule has 0 amide bonds. The van der Waals surface area contributed by atoms with E-state index >= 15 is 0 Å². The Morgan fingerprint density at radius 2 is 2.21 bits per heavy atom. The van der Waals surface area contributed by atoms with Crippen molar-refractivity contribution in [3.63, 3.8) is 0 Å². The molecular weight excluding hydrogens is 194 g/mol. The first kappa shape index (κ1) is 10.1. The minimum Gasteiger partial charge on any atom is -0.360 e. The number of hydrogen-bond acceptors (Lipinski definition) is 3. The lowest BCUT2D eigenvalue weighted by molar-refractivity contribution is 0.368. The van der Waals surface area contributed by atoms with Crippen LogP contribution in [0.1, 0.15) is 50.1 Å². The number of thiol groups is 1. The molecule has 0 N–H and O–H groups in total. The first-order valence-electron chi connectivity index (χ1n) is 5.18. The molecule has 1 heterocycles. The van der Waals surface area contributed by atoms with Crippen LogP contribution in [0.25, 0.3) is 0 Å². The lowest BCUT2D eigenvalue weighted by Gasteiger charge is -2.01. The maximum Gasteiger partial charge on any atom is 0.143 e. The Morgan fingerprint density at radius 3 is 2.64 bits per heavy atom. The van der Waals surface area contributed by atoms with Crippen LogP contribution in [0.3, 0.4) is 0 Å². The molecule has 0 saturated heterocycles. The zero-order chi connectivity index (χ0) is 10.3. The van der Waals surface area contributed by atoms with Crippen molar-refractivity contribution in [1.82, 2.24) is 5.16 Å². The number of hydrogen-bond donors (Lipinski definition) is 1. The van der Waals surface area contributed by atoms with Crippen molar-refractivity contribution in [1.29, 1.82) is 0 Å². The van der Waals surface area contributed by atoms with E-state index in [1.165, 1.54) is 12.0 Å². The van der Waals surface area contributed by atoms with E-state index in [9.17, 15) is 0 Å². The van der Waals surface area contributed by atoms with Gasteiger partial charge >= 0.3 is 0 Å². The summed E-state index contributed by atoms with van der Waals surface area (Å²) in [6, 6.07) is 0. The summed E-state index contributed by atoms with van der Waals surface area (Å²) in [7, 11) is 0. The summed E-state index contributed by atoms with van der Waals surface area (Å²) in [6.45, 7) is 6.71. The molecule has 0 bridgehead atoms. The second kappa shape index (κ2) is 3.30. The van der Waals surface area contributed by atoms with Gasteiger partial charge in [-0.25, -0.2) is 0 Å². The smallest absolute Gasteiger partial charge is 0.143 e. The summed E-state index contributed by atoms with van der Waals surface area (Å²) in [5.41, 5.74) is 2.72.